The summed E-state index contributed by atoms with van der Waals surface area (Å²) in [5.41, 5.74) is 1.57. The van der Waals surface area contributed by atoms with Crippen molar-refractivity contribution in [1.82, 2.24) is 5.32 Å². The van der Waals surface area contributed by atoms with E-state index < -0.39 is 0 Å². The lowest BCUT2D eigenvalue weighted by molar-refractivity contribution is 0.249. The van der Waals surface area contributed by atoms with Crippen molar-refractivity contribution in [1.29, 1.82) is 0 Å². The highest BCUT2D eigenvalue weighted by Gasteiger charge is 2.21. The monoisotopic (exact) mass is 336 g/mol. The molecule has 0 radical (unpaired) electrons. The second-order valence-corrected chi connectivity index (χ2v) is 6.59. The molecule has 0 aromatic heterocycles. The second kappa shape index (κ2) is 7.03. The molecular formula is C17H18Cl2N2O. The Morgan fingerprint density at radius 2 is 1.64 bits per heavy atom. The van der Waals surface area contributed by atoms with E-state index in [4.69, 9.17) is 23.2 Å². The number of hydrogen-bond donors (Lipinski definition) is 2. The summed E-state index contributed by atoms with van der Waals surface area (Å²) in [5, 5.41) is 6.56. The van der Waals surface area contributed by atoms with Gasteiger partial charge in [-0.25, -0.2) is 4.79 Å². The highest BCUT2D eigenvalue weighted by molar-refractivity contribution is 6.35. The summed E-state index contributed by atoms with van der Waals surface area (Å²) in [7, 11) is 0. The van der Waals surface area contributed by atoms with Crippen LogP contribution in [0.1, 0.15) is 19.4 Å². The highest BCUT2D eigenvalue weighted by atomic mass is 35.5. The maximum absolute atomic E-state index is 12.0. The molecule has 3 nitrogen and oxygen atoms in total. The fourth-order valence-corrected chi connectivity index (χ4v) is 2.62. The molecule has 2 aromatic rings. The lowest BCUT2D eigenvalue weighted by Gasteiger charge is -2.25. The van der Waals surface area contributed by atoms with Gasteiger partial charge in [0, 0.05) is 27.7 Å². The van der Waals surface area contributed by atoms with Crippen molar-refractivity contribution >= 4 is 34.9 Å². The van der Waals surface area contributed by atoms with E-state index in [9.17, 15) is 4.79 Å². The number of rotatable bonds is 4. The zero-order valence-electron chi connectivity index (χ0n) is 12.5. The van der Waals surface area contributed by atoms with E-state index in [-0.39, 0.29) is 11.4 Å². The molecule has 2 rings (SSSR count). The first-order valence-corrected chi connectivity index (χ1v) is 7.69. The molecular weight excluding hydrogens is 319 g/mol. The van der Waals surface area contributed by atoms with Gasteiger partial charge >= 0.3 is 6.03 Å². The van der Waals surface area contributed by atoms with E-state index in [0.29, 0.717) is 22.3 Å². The second-order valence-electron chi connectivity index (χ2n) is 5.72. The Morgan fingerprint density at radius 3 is 2.23 bits per heavy atom. The van der Waals surface area contributed by atoms with Crippen molar-refractivity contribution in [2.45, 2.75) is 19.3 Å². The average molecular weight is 337 g/mol. The van der Waals surface area contributed by atoms with Gasteiger partial charge in [-0.1, -0.05) is 67.4 Å². The fourth-order valence-electron chi connectivity index (χ4n) is 2.09. The smallest absolute Gasteiger partial charge is 0.319 e. The van der Waals surface area contributed by atoms with Gasteiger partial charge in [0.05, 0.1) is 0 Å². The van der Waals surface area contributed by atoms with Crippen LogP contribution >= 0.6 is 23.2 Å². The zero-order chi connectivity index (χ0) is 16.2. The standard InChI is InChI=1S/C17H18Cl2N2O/c1-17(2,12-6-4-3-5-7-12)11-20-16(22)21-15-9-13(18)8-14(19)10-15/h3-10H,11H2,1-2H3,(H2,20,21,22). The van der Waals surface area contributed by atoms with E-state index in [0.717, 1.165) is 0 Å². The normalized spacial score (nSPS) is 11.1. The molecule has 2 aromatic carbocycles. The van der Waals surface area contributed by atoms with Crippen LogP contribution in [0, 0.1) is 0 Å². The van der Waals surface area contributed by atoms with Gasteiger partial charge in [0.15, 0.2) is 0 Å². The minimum atomic E-state index is -0.290. The Hall–Kier alpha value is -1.71. The number of hydrogen-bond acceptors (Lipinski definition) is 1. The molecule has 0 fully saturated rings. The molecule has 5 heteroatoms. The summed E-state index contributed by atoms with van der Waals surface area (Å²) in [6, 6.07) is 14.7. The Morgan fingerprint density at radius 1 is 1.05 bits per heavy atom. The molecule has 0 aliphatic rings. The molecule has 0 unspecified atom stereocenters. The lowest BCUT2D eigenvalue weighted by atomic mass is 9.85. The first kappa shape index (κ1) is 16.7. The van der Waals surface area contributed by atoms with Crippen LogP contribution in [0.4, 0.5) is 10.5 Å². The van der Waals surface area contributed by atoms with Crippen LogP contribution in [-0.2, 0) is 5.41 Å². The van der Waals surface area contributed by atoms with Gasteiger partial charge in [0.2, 0.25) is 0 Å². The van der Waals surface area contributed by atoms with Crippen molar-refractivity contribution < 1.29 is 4.79 Å². The van der Waals surface area contributed by atoms with Gasteiger partial charge in [-0.05, 0) is 23.8 Å². The number of anilines is 1. The molecule has 0 aliphatic carbocycles. The number of carbonyl (C=O) groups is 1. The number of urea groups is 1. The number of amides is 2. The van der Waals surface area contributed by atoms with E-state index in [2.05, 4.69) is 36.6 Å². The molecule has 0 bridgehead atoms. The van der Waals surface area contributed by atoms with Gasteiger partial charge in [-0.15, -0.1) is 0 Å². The van der Waals surface area contributed by atoms with Crippen LogP contribution < -0.4 is 10.6 Å². The van der Waals surface area contributed by atoms with E-state index >= 15 is 0 Å². The van der Waals surface area contributed by atoms with Crippen LogP contribution in [0.25, 0.3) is 0 Å². The Labute approximate surface area is 140 Å². The van der Waals surface area contributed by atoms with Crippen LogP contribution in [0.15, 0.2) is 48.5 Å². The predicted molar refractivity (Wildman–Crippen MR) is 93.0 cm³/mol. The van der Waals surface area contributed by atoms with Gasteiger partial charge in [0.25, 0.3) is 0 Å². The summed E-state index contributed by atoms with van der Waals surface area (Å²) in [4.78, 5) is 12.0. The highest BCUT2D eigenvalue weighted by Crippen LogP contribution is 2.23. The maximum atomic E-state index is 12.0. The lowest BCUT2D eigenvalue weighted by Crippen LogP contribution is -2.38. The molecule has 2 N–H and O–H groups in total. The first-order valence-electron chi connectivity index (χ1n) is 6.93. The third kappa shape index (κ3) is 4.65. The SMILES string of the molecule is CC(C)(CNC(=O)Nc1cc(Cl)cc(Cl)c1)c1ccccc1. The predicted octanol–water partition coefficient (Wildman–Crippen LogP) is 5.09. The van der Waals surface area contributed by atoms with Crippen molar-refractivity contribution in [3.8, 4) is 0 Å². The third-order valence-electron chi connectivity index (χ3n) is 3.37. The van der Waals surface area contributed by atoms with Gasteiger partial charge < -0.3 is 10.6 Å². The van der Waals surface area contributed by atoms with Crippen LogP contribution in [-0.4, -0.2) is 12.6 Å². The minimum Gasteiger partial charge on any atom is -0.337 e. The molecule has 0 heterocycles. The average Bonchev–Trinajstić information content (AvgIpc) is 2.45. The summed E-state index contributed by atoms with van der Waals surface area (Å²) in [6.07, 6.45) is 0. The molecule has 2 amide bonds. The van der Waals surface area contributed by atoms with E-state index in [1.54, 1.807) is 18.2 Å². The largest absolute Gasteiger partial charge is 0.337 e. The molecule has 0 saturated heterocycles. The van der Waals surface area contributed by atoms with Crippen molar-refractivity contribution in [3.63, 3.8) is 0 Å². The van der Waals surface area contributed by atoms with Crippen molar-refractivity contribution in [2.75, 3.05) is 11.9 Å². The Kier molecular flexibility index (Phi) is 5.33. The molecule has 22 heavy (non-hydrogen) atoms. The topological polar surface area (TPSA) is 41.1 Å². The van der Waals surface area contributed by atoms with Gasteiger partial charge in [-0.3, -0.25) is 0 Å². The number of halogens is 2. The van der Waals surface area contributed by atoms with Crippen LogP contribution in [0.5, 0.6) is 0 Å². The number of carbonyl (C=O) groups excluding carboxylic acids is 1. The molecule has 0 atom stereocenters. The summed E-state index contributed by atoms with van der Waals surface area (Å²) >= 11 is 11.8. The van der Waals surface area contributed by atoms with Gasteiger partial charge in [-0.2, -0.15) is 0 Å². The Balaban J connectivity index is 1.95. The number of nitrogens with one attached hydrogen (secondary N) is 2. The van der Waals surface area contributed by atoms with Gasteiger partial charge in [0.1, 0.15) is 0 Å². The van der Waals surface area contributed by atoms with E-state index in [1.807, 2.05) is 18.2 Å². The van der Waals surface area contributed by atoms with E-state index in [1.165, 1.54) is 5.56 Å². The maximum Gasteiger partial charge on any atom is 0.319 e. The minimum absolute atomic E-state index is 0.162. The Bertz CT molecular complexity index is 637. The molecule has 0 saturated carbocycles. The van der Waals surface area contributed by atoms with Crippen LogP contribution in [0.3, 0.4) is 0 Å². The quantitative estimate of drug-likeness (QED) is 0.801. The summed E-state index contributed by atoms with van der Waals surface area (Å²) in [5.74, 6) is 0. The van der Waals surface area contributed by atoms with Crippen molar-refractivity contribution in [2.24, 2.45) is 0 Å². The summed E-state index contributed by atoms with van der Waals surface area (Å²) < 4.78 is 0. The zero-order valence-corrected chi connectivity index (χ0v) is 14.0. The molecule has 0 aliphatic heterocycles. The first-order chi connectivity index (χ1) is 10.4. The van der Waals surface area contributed by atoms with Crippen molar-refractivity contribution in [3.05, 3.63) is 64.1 Å². The van der Waals surface area contributed by atoms with Crippen LogP contribution in [0.2, 0.25) is 10.0 Å². The summed E-state index contributed by atoms with van der Waals surface area (Å²) in [6.45, 7) is 4.68. The number of benzene rings is 2. The molecule has 116 valence electrons. The fraction of sp³-hybridized carbons (Fsp3) is 0.235. The third-order valence-corrected chi connectivity index (χ3v) is 3.80. The molecule has 0 spiro atoms.